The molecule has 1 spiro atoms. The fraction of sp³-hybridized carbons (Fsp3) is 0.643. The minimum absolute atomic E-state index is 0.415. The van der Waals surface area contributed by atoms with Crippen molar-refractivity contribution in [2.24, 2.45) is 0 Å². The maximum atomic E-state index is 4.60. The van der Waals surface area contributed by atoms with E-state index in [0.717, 1.165) is 18.9 Å². The molecule has 3 nitrogen and oxygen atoms in total. The average molecular weight is 231 g/mol. The maximum absolute atomic E-state index is 4.60. The number of hydrogen-bond donors (Lipinski definition) is 1. The lowest BCUT2D eigenvalue weighted by molar-refractivity contribution is 0.235. The van der Waals surface area contributed by atoms with E-state index in [1.807, 2.05) is 6.20 Å². The molecule has 2 saturated heterocycles. The van der Waals surface area contributed by atoms with Gasteiger partial charge in [-0.3, -0.25) is 0 Å². The van der Waals surface area contributed by atoms with Crippen LogP contribution in [0.3, 0.4) is 0 Å². The van der Waals surface area contributed by atoms with Gasteiger partial charge in [-0.05, 0) is 36.9 Å². The second kappa shape index (κ2) is 3.98. The summed E-state index contributed by atoms with van der Waals surface area (Å²) in [6.07, 6.45) is 4.62. The summed E-state index contributed by atoms with van der Waals surface area (Å²) < 4.78 is 0. The van der Waals surface area contributed by atoms with E-state index in [4.69, 9.17) is 0 Å². The third-order valence-electron chi connectivity index (χ3n) is 4.22. The molecule has 1 aromatic heterocycles. The van der Waals surface area contributed by atoms with Gasteiger partial charge < -0.3 is 10.2 Å². The van der Waals surface area contributed by atoms with E-state index in [1.54, 1.807) is 0 Å². The highest BCUT2D eigenvalue weighted by Crippen LogP contribution is 2.32. The zero-order chi connectivity index (χ0) is 11.9. The lowest BCUT2D eigenvalue weighted by atomic mass is 9.87. The van der Waals surface area contributed by atoms with Crippen LogP contribution in [0.4, 0.5) is 5.82 Å². The number of aromatic nitrogens is 1. The number of nitrogens with zero attached hydrogens (tertiary/aromatic N) is 2. The van der Waals surface area contributed by atoms with Crippen LogP contribution in [0.1, 0.15) is 38.2 Å². The normalized spacial score (nSPS) is 27.8. The summed E-state index contributed by atoms with van der Waals surface area (Å²) in [5, 5.41) is 3.58. The van der Waals surface area contributed by atoms with Crippen molar-refractivity contribution in [2.75, 3.05) is 24.5 Å². The van der Waals surface area contributed by atoms with Gasteiger partial charge in [-0.2, -0.15) is 0 Å². The smallest absolute Gasteiger partial charge is 0.128 e. The Bertz CT molecular complexity index is 392. The standard InChI is InChI=1S/C14H21N3/c1-11(2)12-3-4-13(15-9-12)17-8-6-14(10-17)5-7-16-14/h3-4,9,11,16H,5-8,10H2,1-2H3. The van der Waals surface area contributed by atoms with E-state index in [-0.39, 0.29) is 0 Å². The Kier molecular flexibility index (Phi) is 2.58. The third kappa shape index (κ3) is 1.93. The van der Waals surface area contributed by atoms with Crippen LogP contribution in [0.25, 0.3) is 0 Å². The van der Waals surface area contributed by atoms with E-state index >= 15 is 0 Å². The molecule has 0 saturated carbocycles. The molecule has 3 rings (SSSR count). The average Bonchev–Trinajstić information content (AvgIpc) is 2.74. The summed E-state index contributed by atoms with van der Waals surface area (Å²) in [4.78, 5) is 7.02. The van der Waals surface area contributed by atoms with Gasteiger partial charge in [-0.1, -0.05) is 19.9 Å². The van der Waals surface area contributed by atoms with Gasteiger partial charge in [0.25, 0.3) is 0 Å². The quantitative estimate of drug-likeness (QED) is 0.845. The molecule has 1 aromatic rings. The molecule has 1 N–H and O–H groups in total. The monoisotopic (exact) mass is 231 g/mol. The SMILES string of the molecule is CC(C)c1ccc(N2CCC3(CCN3)C2)nc1. The van der Waals surface area contributed by atoms with Gasteiger partial charge >= 0.3 is 0 Å². The van der Waals surface area contributed by atoms with E-state index < -0.39 is 0 Å². The fourth-order valence-corrected chi connectivity index (χ4v) is 2.82. The summed E-state index contributed by atoms with van der Waals surface area (Å²) in [7, 11) is 0. The molecule has 0 bridgehead atoms. The predicted octanol–water partition coefficient (Wildman–Crippen LogP) is 2.15. The molecule has 0 amide bonds. The van der Waals surface area contributed by atoms with Crippen LogP contribution >= 0.6 is 0 Å². The topological polar surface area (TPSA) is 28.2 Å². The first kappa shape index (κ1) is 11.0. The Hall–Kier alpha value is -1.09. The number of pyridine rings is 1. The fourth-order valence-electron chi connectivity index (χ4n) is 2.82. The van der Waals surface area contributed by atoms with Crippen molar-refractivity contribution in [2.45, 2.75) is 38.1 Å². The molecule has 1 unspecified atom stereocenters. The zero-order valence-electron chi connectivity index (χ0n) is 10.7. The maximum Gasteiger partial charge on any atom is 0.128 e. The Labute approximate surface area is 103 Å². The highest BCUT2D eigenvalue weighted by molar-refractivity contribution is 5.42. The molecule has 0 aliphatic carbocycles. The molecular formula is C14H21N3. The summed E-state index contributed by atoms with van der Waals surface area (Å²) in [5.74, 6) is 1.70. The van der Waals surface area contributed by atoms with Crippen LogP contribution in [0.5, 0.6) is 0 Å². The lowest BCUT2D eigenvalue weighted by Crippen LogP contribution is -2.58. The molecule has 17 heavy (non-hydrogen) atoms. The number of hydrogen-bond acceptors (Lipinski definition) is 3. The molecule has 3 heterocycles. The highest BCUT2D eigenvalue weighted by atomic mass is 15.3. The van der Waals surface area contributed by atoms with Gasteiger partial charge in [0.2, 0.25) is 0 Å². The van der Waals surface area contributed by atoms with Gasteiger partial charge in [0.05, 0.1) is 0 Å². The minimum atomic E-state index is 0.415. The molecule has 92 valence electrons. The molecule has 3 heteroatoms. The molecule has 0 aromatic carbocycles. The Balaban J connectivity index is 1.72. The van der Waals surface area contributed by atoms with E-state index in [1.165, 1.54) is 24.9 Å². The highest BCUT2D eigenvalue weighted by Gasteiger charge is 2.42. The molecule has 0 radical (unpaired) electrons. The van der Waals surface area contributed by atoms with Crippen molar-refractivity contribution in [3.05, 3.63) is 23.9 Å². The van der Waals surface area contributed by atoms with Gasteiger partial charge in [0.15, 0.2) is 0 Å². The summed E-state index contributed by atoms with van der Waals surface area (Å²) >= 11 is 0. The van der Waals surface area contributed by atoms with Crippen molar-refractivity contribution < 1.29 is 0 Å². The Morgan fingerprint density at radius 1 is 1.35 bits per heavy atom. The molecule has 1 atom stereocenters. The number of rotatable bonds is 2. The summed E-state index contributed by atoms with van der Waals surface area (Å²) in [5.41, 5.74) is 1.74. The first-order chi connectivity index (χ1) is 8.19. The van der Waals surface area contributed by atoms with Gasteiger partial charge in [0, 0.05) is 24.8 Å². The first-order valence-corrected chi connectivity index (χ1v) is 6.64. The zero-order valence-corrected chi connectivity index (χ0v) is 10.7. The van der Waals surface area contributed by atoms with Crippen molar-refractivity contribution in [1.29, 1.82) is 0 Å². The summed E-state index contributed by atoms with van der Waals surface area (Å²) in [6, 6.07) is 4.39. The van der Waals surface area contributed by atoms with Crippen LogP contribution in [0.2, 0.25) is 0 Å². The second-order valence-electron chi connectivity index (χ2n) is 5.73. The van der Waals surface area contributed by atoms with Crippen LogP contribution in [0.15, 0.2) is 18.3 Å². The molecular weight excluding hydrogens is 210 g/mol. The predicted molar refractivity (Wildman–Crippen MR) is 70.5 cm³/mol. The van der Waals surface area contributed by atoms with Crippen LogP contribution < -0.4 is 10.2 Å². The molecule has 2 fully saturated rings. The third-order valence-corrected chi connectivity index (χ3v) is 4.22. The van der Waals surface area contributed by atoms with E-state index in [2.05, 4.69) is 41.2 Å². The van der Waals surface area contributed by atoms with Crippen molar-refractivity contribution in [1.82, 2.24) is 10.3 Å². The second-order valence-corrected chi connectivity index (χ2v) is 5.73. The van der Waals surface area contributed by atoms with Crippen LogP contribution in [-0.2, 0) is 0 Å². The van der Waals surface area contributed by atoms with Crippen molar-refractivity contribution in [3.8, 4) is 0 Å². The van der Waals surface area contributed by atoms with Gasteiger partial charge in [-0.15, -0.1) is 0 Å². The lowest BCUT2D eigenvalue weighted by Gasteiger charge is -2.39. The van der Waals surface area contributed by atoms with Crippen molar-refractivity contribution in [3.63, 3.8) is 0 Å². The number of nitrogens with one attached hydrogen (secondary N) is 1. The van der Waals surface area contributed by atoms with Gasteiger partial charge in [-0.25, -0.2) is 4.98 Å². The first-order valence-electron chi connectivity index (χ1n) is 6.64. The van der Waals surface area contributed by atoms with E-state index in [9.17, 15) is 0 Å². The number of anilines is 1. The van der Waals surface area contributed by atoms with E-state index in [0.29, 0.717) is 11.5 Å². The van der Waals surface area contributed by atoms with Crippen LogP contribution in [0, 0.1) is 0 Å². The molecule has 2 aliphatic rings. The Morgan fingerprint density at radius 3 is 2.65 bits per heavy atom. The summed E-state index contributed by atoms with van der Waals surface area (Å²) in [6.45, 7) is 7.87. The van der Waals surface area contributed by atoms with Crippen LogP contribution in [-0.4, -0.2) is 30.2 Å². The largest absolute Gasteiger partial charge is 0.355 e. The van der Waals surface area contributed by atoms with Crippen molar-refractivity contribution >= 4 is 5.82 Å². The minimum Gasteiger partial charge on any atom is -0.355 e. The Morgan fingerprint density at radius 2 is 2.18 bits per heavy atom. The van der Waals surface area contributed by atoms with Gasteiger partial charge in [0.1, 0.15) is 5.82 Å². The molecule has 2 aliphatic heterocycles.